The van der Waals surface area contributed by atoms with Crippen LogP contribution in [-0.4, -0.2) is 56.6 Å². The van der Waals surface area contributed by atoms with E-state index in [2.05, 4.69) is 9.64 Å². The van der Waals surface area contributed by atoms with Crippen molar-refractivity contribution in [3.8, 4) is 0 Å². The van der Waals surface area contributed by atoms with Crippen LogP contribution in [0.1, 0.15) is 32.1 Å². The monoisotopic (exact) mass is 257 g/mol. The summed E-state index contributed by atoms with van der Waals surface area (Å²) in [6.45, 7) is 3.91. The molecule has 0 amide bonds. The van der Waals surface area contributed by atoms with Gasteiger partial charge in [0.25, 0.3) is 0 Å². The van der Waals surface area contributed by atoms with Gasteiger partial charge in [-0.2, -0.15) is 0 Å². The lowest BCUT2D eigenvalue weighted by Crippen LogP contribution is -2.32. The quantitative estimate of drug-likeness (QED) is 0.692. The third-order valence-electron chi connectivity index (χ3n) is 3.56. The molecule has 0 aromatic heterocycles. The summed E-state index contributed by atoms with van der Waals surface area (Å²) in [5, 5.41) is 0. The molecule has 2 aliphatic rings. The van der Waals surface area contributed by atoms with Crippen LogP contribution in [0, 0.1) is 0 Å². The number of nitrogens with zero attached hydrogens (tertiary/aromatic N) is 1. The van der Waals surface area contributed by atoms with E-state index in [0.29, 0.717) is 6.61 Å². The normalized spacial score (nSPS) is 29.4. The molecule has 2 unspecified atom stereocenters. The van der Waals surface area contributed by atoms with Gasteiger partial charge in [-0.1, -0.05) is 6.42 Å². The van der Waals surface area contributed by atoms with Gasteiger partial charge in [0.2, 0.25) is 0 Å². The fourth-order valence-electron chi connectivity index (χ4n) is 2.51. The Bertz CT molecular complexity index is 266. The number of likely N-dealkylation sites (tertiary alicyclic amines) is 1. The van der Waals surface area contributed by atoms with Crippen LogP contribution in [-0.2, 0) is 19.0 Å². The number of carbonyl (C=O) groups is 1. The maximum absolute atomic E-state index is 11.1. The summed E-state index contributed by atoms with van der Waals surface area (Å²) in [5.74, 6) is -0.236. The van der Waals surface area contributed by atoms with E-state index in [9.17, 15) is 4.79 Å². The zero-order valence-electron chi connectivity index (χ0n) is 11.1. The van der Waals surface area contributed by atoms with Gasteiger partial charge >= 0.3 is 5.97 Å². The third-order valence-corrected chi connectivity index (χ3v) is 3.56. The number of rotatable bonds is 5. The second-order valence-electron chi connectivity index (χ2n) is 4.99. The summed E-state index contributed by atoms with van der Waals surface area (Å²) >= 11 is 0. The lowest BCUT2D eigenvalue weighted by Gasteiger charge is -2.27. The summed E-state index contributed by atoms with van der Waals surface area (Å²) in [6, 6.07) is 0. The van der Waals surface area contributed by atoms with Crippen LogP contribution in [0.25, 0.3) is 0 Å². The van der Waals surface area contributed by atoms with Gasteiger partial charge in [-0.15, -0.1) is 0 Å². The fraction of sp³-hybridized carbons (Fsp3) is 0.923. The number of methoxy groups -OCH3 is 1. The average molecular weight is 257 g/mol. The molecule has 5 nitrogen and oxygen atoms in total. The van der Waals surface area contributed by atoms with Crippen molar-refractivity contribution in [1.82, 2.24) is 4.90 Å². The highest BCUT2D eigenvalue weighted by molar-refractivity contribution is 5.69. The second-order valence-corrected chi connectivity index (χ2v) is 4.99. The maximum atomic E-state index is 11.1. The molecule has 0 radical (unpaired) electrons. The number of piperidine rings is 1. The molecule has 18 heavy (non-hydrogen) atoms. The van der Waals surface area contributed by atoms with Gasteiger partial charge in [0.15, 0.2) is 6.29 Å². The van der Waals surface area contributed by atoms with Crippen molar-refractivity contribution >= 4 is 5.97 Å². The Hall–Kier alpha value is -0.650. The highest BCUT2D eigenvalue weighted by Crippen LogP contribution is 2.18. The molecule has 2 atom stereocenters. The molecule has 0 aromatic rings. The Labute approximate surface area is 108 Å². The molecule has 0 aromatic carbocycles. The molecule has 0 spiro atoms. The van der Waals surface area contributed by atoms with E-state index in [-0.39, 0.29) is 24.8 Å². The summed E-state index contributed by atoms with van der Waals surface area (Å²) in [7, 11) is 1.39. The first-order valence-corrected chi connectivity index (χ1v) is 6.84. The number of ether oxygens (including phenoxy) is 3. The minimum atomic E-state index is -0.236. The second kappa shape index (κ2) is 7.07. The van der Waals surface area contributed by atoms with Crippen LogP contribution in [0.4, 0.5) is 0 Å². The van der Waals surface area contributed by atoms with Crippen molar-refractivity contribution in [2.24, 2.45) is 0 Å². The predicted octanol–water partition coefficient (Wildman–Crippen LogP) is 1.17. The number of hydrogen-bond donors (Lipinski definition) is 0. The maximum Gasteiger partial charge on any atom is 0.308 e. The van der Waals surface area contributed by atoms with Crippen LogP contribution >= 0.6 is 0 Å². The SMILES string of the molecule is COC(=O)CC1COC(CCN2CCCCC2)O1. The van der Waals surface area contributed by atoms with Gasteiger partial charge < -0.3 is 19.1 Å². The Kier molecular flexibility index (Phi) is 5.41. The molecular weight excluding hydrogens is 234 g/mol. The van der Waals surface area contributed by atoms with Crippen molar-refractivity contribution in [3.05, 3.63) is 0 Å². The number of carbonyl (C=O) groups excluding carboxylic acids is 1. The Morgan fingerprint density at radius 3 is 2.83 bits per heavy atom. The molecule has 2 fully saturated rings. The predicted molar refractivity (Wildman–Crippen MR) is 66.2 cm³/mol. The summed E-state index contributed by atoms with van der Waals surface area (Å²) < 4.78 is 15.8. The minimum Gasteiger partial charge on any atom is -0.469 e. The summed E-state index contributed by atoms with van der Waals surface area (Å²) in [6.07, 6.45) is 4.85. The molecule has 2 heterocycles. The van der Waals surface area contributed by atoms with E-state index in [4.69, 9.17) is 9.47 Å². The zero-order chi connectivity index (χ0) is 12.8. The van der Waals surface area contributed by atoms with Gasteiger partial charge in [-0.25, -0.2) is 0 Å². The van der Waals surface area contributed by atoms with Crippen LogP contribution in [0.15, 0.2) is 0 Å². The van der Waals surface area contributed by atoms with E-state index < -0.39 is 0 Å². The van der Waals surface area contributed by atoms with Crippen molar-refractivity contribution in [2.75, 3.05) is 33.4 Å². The average Bonchev–Trinajstić information content (AvgIpc) is 2.85. The van der Waals surface area contributed by atoms with Crippen LogP contribution in [0.3, 0.4) is 0 Å². The lowest BCUT2D eigenvalue weighted by molar-refractivity contribution is -0.144. The van der Waals surface area contributed by atoms with Gasteiger partial charge in [-0.3, -0.25) is 4.79 Å². The lowest BCUT2D eigenvalue weighted by atomic mass is 10.1. The topological polar surface area (TPSA) is 48.0 Å². The van der Waals surface area contributed by atoms with Gasteiger partial charge in [0.1, 0.15) is 0 Å². The van der Waals surface area contributed by atoms with Gasteiger partial charge in [-0.05, 0) is 25.9 Å². The van der Waals surface area contributed by atoms with Crippen LogP contribution in [0.2, 0.25) is 0 Å². The molecule has 0 bridgehead atoms. The number of esters is 1. The molecule has 0 saturated carbocycles. The Balaban J connectivity index is 1.61. The fourth-order valence-corrected chi connectivity index (χ4v) is 2.51. The molecule has 5 heteroatoms. The van der Waals surface area contributed by atoms with Crippen molar-refractivity contribution in [2.45, 2.75) is 44.5 Å². The van der Waals surface area contributed by atoms with E-state index in [0.717, 1.165) is 13.0 Å². The summed E-state index contributed by atoms with van der Waals surface area (Å²) in [5.41, 5.74) is 0. The molecule has 2 saturated heterocycles. The van der Waals surface area contributed by atoms with Crippen molar-refractivity contribution < 1.29 is 19.0 Å². The molecule has 0 aliphatic carbocycles. The smallest absolute Gasteiger partial charge is 0.308 e. The Morgan fingerprint density at radius 1 is 1.33 bits per heavy atom. The summed E-state index contributed by atoms with van der Waals surface area (Å²) in [4.78, 5) is 13.6. The first kappa shape index (κ1) is 13.8. The van der Waals surface area contributed by atoms with E-state index in [1.54, 1.807) is 0 Å². The standard InChI is InChI=1S/C13H23NO4/c1-16-12(15)9-11-10-17-13(18-11)5-8-14-6-3-2-4-7-14/h11,13H,2-10H2,1H3. The molecule has 2 aliphatic heterocycles. The minimum absolute atomic E-state index is 0.135. The highest BCUT2D eigenvalue weighted by Gasteiger charge is 2.28. The molecule has 2 rings (SSSR count). The number of hydrogen-bond acceptors (Lipinski definition) is 5. The van der Waals surface area contributed by atoms with Crippen LogP contribution in [0.5, 0.6) is 0 Å². The highest BCUT2D eigenvalue weighted by atomic mass is 16.7. The van der Waals surface area contributed by atoms with Crippen molar-refractivity contribution in [1.29, 1.82) is 0 Å². The van der Waals surface area contributed by atoms with Gasteiger partial charge in [0, 0.05) is 13.0 Å². The van der Waals surface area contributed by atoms with Crippen molar-refractivity contribution in [3.63, 3.8) is 0 Å². The van der Waals surface area contributed by atoms with Gasteiger partial charge in [0.05, 0.1) is 26.2 Å². The van der Waals surface area contributed by atoms with E-state index >= 15 is 0 Å². The van der Waals surface area contributed by atoms with E-state index in [1.165, 1.54) is 39.5 Å². The zero-order valence-corrected chi connectivity index (χ0v) is 11.1. The Morgan fingerprint density at radius 2 is 2.11 bits per heavy atom. The molecule has 104 valence electrons. The third kappa shape index (κ3) is 4.23. The molecular formula is C13H23NO4. The largest absolute Gasteiger partial charge is 0.469 e. The van der Waals surface area contributed by atoms with Crippen LogP contribution < -0.4 is 0 Å². The van der Waals surface area contributed by atoms with E-state index in [1.807, 2.05) is 0 Å². The molecule has 0 N–H and O–H groups in total. The first-order chi connectivity index (χ1) is 8.78. The first-order valence-electron chi connectivity index (χ1n) is 6.84.